The van der Waals surface area contributed by atoms with Crippen LogP contribution in [0.4, 0.5) is 4.39 Å². The van der Waals surface area contributed by atoms with Crippen LogP contribution in [0.3, 0.4) is 0 Å². The standard InChI is InChI=1S/C11H15FO2/c1-8(14-2)7-11(13)9-3-5-10(12)6-4-9/h3-6,8,11,13H,7H2,1-2H3. The smallest absolute Gasteiger partial charge is 0.123 e. The fraction of sp³-hybridized carbons (Fsp3) is 0.455. The van der Waals surface area contributed by atoms with E-state index in [4.69, 9.17) is 4.74 Å². The highest BCUT2D eigenvalue weighted by molar-refractivity contribution is 5.18. The summed E-state index contributed by atoms with van der Waals surface area (Å²) in [7, 11) is 1.60. The minimum Gasteiger partial charge on any atom is -0.388 e. The lowest BCUT2D eigenvalue weighted by molar-refractivity contribution is 0.0559. The van der Waals surface area contributed by atoms with Crippen LogP contribution < -0.4 is 0 Å². The van der Waals surface area contributed by atoms with Crippen molar-refractivity contribution in [2.45, 2.75) is 25.6 Å². The molecule has 1 aromatic rings. The zero-order valence-corrected chi connectivity index (χ0v) is 8.40. The summed E-state index contributed by atoms with van der Waals surface area (Å²) in [6.07, 6.45) is -0.0807. The second kappa shape index (κ2) is 5.08. The third-order valence-electron chi connectivity index (χ3n) is 2.21. The van der Waals surface area contributed by atoms with Crippen molar-refractivity contribution in [3.8, 4) is 0 Å². The van der Waals surface area contributed by atoms with Gasteiger partial charge in [0, 0.05) is 13.5 Å². The first kappa shape index (κ1) is 11.1. The summed E-state index contributed by atoms with van der Waals surface area (Å²) in [5.74, 6) is -0.291. The molecule has 0 aliphatic rings. The number of halogens is 1. The first-order valence-corrected chi connectivity index (χ1v) is 4.60. The zero-order valence-electron chi connectivity index (χ0n) is 8.40. The molecule has 0 aliphatic carbocycles. The minimum atomic E-state index is -0.592. The van der Waals surface area contributed by atoms with E-state index in [0.717, 1.165) is 5.56 Å². The largest absolute Gasteiger partial charge is 0.388 e. The van der Waals surface area contributed by atoms with Gasteiger partial charge in [-0.3, -0.25) is 0 Å². The van der Waals surface area contributed by atoms with Gasteiger partial charge in [0.15, 0.2) is 0 Å². The quantitative estimate of drug-likeness (QED) is 0.804. The summed E-state index contributed by atoms with van der Waals surface area (Å²) in [5.41, 5.74) is 0.718. The molecule has 1 N–H and O–H groups in total. The van der Waals surface area contributed by atoms with Gasteiger partial charge < -0.3 is 9.84 Å². The maximum atomic E-state index is 12.6. The molecule has 14 heavy (non-hydrogen) atoms. The van der Waals surface area contributed by atoms with Crippen molar-refractivity contribution >= 4 is 0 Å². The average molecular weight is 198 g/mol. The molecule has 0 saturated carbocycles. The summed E-state index contributed by atoms with van der Waals surface area (Å²) >= 11 is 0. The summed E-state index contributed by atoms with van der Waals surface area (Å²) in [4.78, 5) is 0. The van der Waals surface area contributed by atoms with Crippen molar-refractivity contribution < 1.29 is 14.2 Å². The predicted molar refractivity (Wildman–Crippen MR) is 52.4 cm³/mol. The van der Waals surface area contributed by atoms with Crippen LogP contribution in [-0.2, 0) is 4.74 Å². The van der Waals surface area contributed by atoms with Crippen molar-refractivity contribution in [2.24, 2.45) is 0 Å². The van der Waals surface area contributed by atoms with E-state index in [1.807, 2.05) is 6.92 Å². The molecule has 0 fully saturated rings. The topological polar surface area (TPSA) is 29.5 Å². The molecule has 0 spiro atoms. The second-order valence-electron chi connectivity index (χ2n) is 3.35. The lowest BCUT2D eigenvalue weighted by Crippen LogP contribution is -2.10. The Labute approximate surface area is 83.3 Å². The van der Waals surface area contributed by atoms with Gasteiger partial charge in [-0.1, -0.05) is 12.1 Å². The molecule has 2 unspecified atom stereocenters. The molecule has 3 heteroatoms. The molecule has 2 nitrogen and oxygen atoms in total. The van der Waals surface area contributed by atoms with E-state index in [-0.39, 0.29) is 11.9 Å². The van der Waals surface area contributed by atoms with Gasteiger partial charge in [0.25, 0.3) is 0 Å². The van der Waals surface area contributed by atoms with Crippen LogP contribution in [0.25, 0.3) is 0 Å². The van der Waals surface area contributed by atoms with Gasteiger partial charge in [-0.15, -0.1) is 0 Å². The first-order chi connectivity index (χ1) is 6.63. The van der Waals surface area contributed by atoms with Crippen molar-refractivity contribution in [3.63, 3.8) is 0 Å². The minimum absolute atomic E-state index is 0.00458. The molecule has 1 rings (SSSR count). The maximum absolute atomic E-state index is 12.6. The molecule has 2 atom stereocenters. The lowest BCUT2D eigenvalue weighted by atomic mass is 10.0. The van der Waals surface area contributed by atoms with E-state index in [2.05, 4.69) is 0 Å². The summed E-state index contributed by atoms with van der Waals surface area (Å²) in [6.45, 7) is 1.88. The van der Waals surface area contributed by atoms with Crippen LogP contribution in [0.5, 0.6) is 0 Å². The van der Waals surface area contributed by atoms with Crippen molar-refractivity contribution in [1.82, 2.24) is 0 Å². The number of aliphatic hydroxyl groups is 1. The fourth-order valence-electron chi connectivity index (χ4n) is 1.23. The summed E-state index contributed by atoms with van der Waals surface area (Å²) in [5, 5.41) is 9.71. The van der Waals surface area contributed by atoms with E-state index in [1.54, 1.807) is 19.2 Å². The number of hydrogen-bond acceptors (Lipinski definition) is 2. The third kappa shape index (κ3) is 3.09. The highest BCUT2D eigenvalue weighted by Gasteiger charge is 2.11. The monoisotopic (exact) mass is 198 g/mol. The normalized spacial score (nSPS) is 15.1. The van der Waals surface area contributed by atoms with E-state index in [1.165, 1.54) is 12.1 Å². The molecule has 0 saturated heterocycles. The van der Waals surface area contributed by atoms with Crippen LogP contribution in [0.1, 0.15) is 25.0 Å². The Bertz CT molecular complexity index is 271. The Morgan fingerprint density at radius 1 is 1.36 bits per heavy atom. The van der Waals surface area contributed by atoms with Crippen molar-refractivity contribution in [2.75, 3.05) is 7.11 Å². The van der Waals surface area contributed by atoms with E-state index >= 15 is 0 Å². The number of ether oxygens (including phenoxy) is 1. The highest BCUT2D eigenvalue weighted by Crippen LogP contribution is 2.19. The molecule has 0 bridgehead atoms. The van der Waals surface area contributed by atoms with E-state index in [9.17, 15) is 9.50 Å². The predicted octanol–water partition coefficient (Wildman–Crippen LogP) is 2.28. The molecular formula is C11H15FO2. The third-order valence-corrected chi connectivity index (χ3v) is 2.21. The Morgan fingerprint density at radius 3 is 2.43 bits per heavy atom. The van der Waals surface area contributed by atoms with Gasteiger partial charge in [-0.25, -0.2) is 4.39 Å². The molecule has 0 radical (unpaired) electrons. The van der Waals surface area contributed by atoms with Crippen LogP contribution in [0, 0.1) is 5.82 Å². The SMILES string of the molecule is COC(C)CC(O)c1ccc(F)cc1. The second-order valence-corrected chi connectivity index (χ2v) is 3.35. The number of rotatable bonds is 4. The number of aliphatic hydroxyl groups excluding tert-OH is 1. The number of benzene rings is 1. The van der Waals surface area contributed by atoms with Gasteiger partial charge in [0.2, 0.25) is 0 Å². The van der Waals surface area contributed by atoms with E-state index in [0.29, 0.717) is 6.42 Å². The average Bonchev–Trinajstić information content (AvgIpc) is 2.18. The van der Waals surface area contributed by atoms with Crippen LogP contribution in [0.15, 0.2) is 24.3 Å². The van der Waals surface area contributed by atoms with Gasteiger partial charge in [-0.05, 0) is 24.6 Å². The Balaban J connectivity index is 2.60. The molecule has 0 aromatic heterocycles. The number of methoxy groups -OCH3 is 1. The Kier molecular flexibility index (Phi) is 4.04. The lowest BCUT2D eigenvalue weighted by Gasteiger charge is -2.15. The van der Waals surface area contributed by atoms with Crippen molar-refractivity contribution in [1.29, 1.82) is 0 Å². The molecule has 0 aliphatic heterocycles. The van der Waals surface area contributed by atoms with Gasteiger partial charge in [0.1, 0.15) is 5.82 Å². The Morgan fingerprint density at radius 2 is 1.93 bits per heavy atom. The Hall–Kier alpha value is -0.930. The van der Waals surface area contributed by atoms with Crippen LogP contribution in [0.2, 0.25) is 0 Å². The maximum Gasteiger partial charge on any atom is 0.123 e. The van der Waals surface area contributed by atoms with Crippen LogP contribution >= 0.6 is 0 Å². The molecule has 0 heterocycles. The van der Waals surface area contributed by atoms with Gasteiger partial charge >= 0.3 is 0 Å². The molecule has 1 aromatic carbocycles. The highest BCUT2D eigenvalue weighted by atomic mass is 19.1. The number of hydrogen-bond donors (Lipinski definition) is 1. The molecule has 78 valence electrons. The van der Waals surface area contributed by atoms with E-state index < -0.39 is 6.10 Å². The van der Waals surface area contributed by atoms with Gasteiger partial charge in [0.05, 0.1) is 12.2 Å². The summed E-state index contributed by atoms with van der Waals surface area (Å²) < 4.78 is 17.6. The van der Waals surface area contributed by atoms with Crippen LogP contribution in [-0.4, -0.2) is 18.3 Å². The fourth-order valence-corrected chi connectivity index (χ4v) is 1.23. The van der Waals surface area contributed by atoms with Gasteiger partial charge in [-0.2, -0.15) is 0 Å². The summed E-state index contributed by atoms with van der Waals surface area (Å²) in [6, 6.07) is 5.86. The zero-order chi connectivity index (χ0) is 10.6. The molecule has 0 amide bonds. The molecular weight excluding hydrogens is 183 g/mol. The first-order valence-electron chi connectivity index (χ1n) is 4.60. The van der Waals surface area contributed by atoms with Crippen molar-refractivity contribution in [3.05, 3.63) is 35.6 Å².